The molecule has 1 N–H and O–H groups in total. The molecule has 2 heterocycles. The molecule has 0 atom stereocenters. The van der Waals surface area contributed by atoms with E-state index in [4.69, 9.17) is 14.0 Å². The lowest BCUT2D eigenvalue weighted by Crippen LogP contribution is -2.41. The highest BCUT2D eigenvalue weighted by molar-refractivity contribution is 6.62. The SMILES string of the molecule is COC(=O)c1cc(B2OC(C)(C)C(C)(C)O2)cc(C2CCNCC2)c1. The molecule has 136 valence electrons. The number of carbonyl (C=O) groups is 1. The smallest absolute Gasteiger partial charge is 0.465 e. The molecule has 2 aliphatic rings. The highest BCUT2D eigenvalue weighted by Gasteiger charge is 2.51. The molecule has 0 amide bonds. The average molecular weight is 345 g/mol. The number of piperidine rings is 1. The number of methoxy groups -OCH3 is 1. The van der Waals surface area contributed by atoms with Crippen LogP contribution in [0, 0.1) is 0 Å². The molecule has 2 saturated heterocycles. The molecule has 0 saturated carbocycles. The summed E-state index contributed by atoms with van der Waals surface area (Å²) in [5, 5.41) is 3.38. The van der Waals surface area contributed by atoms with Crippen molar-refractivity contribution in [1.82, 2.24) is 5.32 Å². The lowest BCUT2D eigenvalue weighted by Gasteiger charge is -2.32. The lowest BCUT2D eigenvalue weighted by atomic mass is 9.75. The topological polar surface area (TPSA) is 56.8 Å². The van der Waals surface area contributed by atoms with E-state index >= 15 is 0 Å². The summed E-state index contributed by atoms with van der Waals surface area (Å²) >= 11 is 0. The van der Waals surface area contributed by atoms with E-state index in [0.29, 0.717) is 11.5 Å². The van der Waals surface area contributed by atoms with Crippen molar-refractivity contribution in [1.29, 1.82) is 0 Å². The van der Waals surface area contributed by atoms with Gasteiger partial charge in [0.25, 0.3) is 0 Å². The second kappa shape index (κ2) is 6.74. The van der Waals surface area contributed by atoms with E-state index in [1.807, 2.05) is 39.8 Å². The summed E-state index contributed by atoms with van der Waals surface area (Å²) < 4.78 is 17.3. The molecule has 3 rings (SSSR count). The Morgan fingerprint density at radius 1 is 1.12 bits per heavy atom. The van der Waals surface area contributed by atoms with Gasteiger partial charge in [0.1, 0.15) is 0 Å². The first-order chi connectivity index (χ1) is 11.7. The minimum Gasteiger partial charge on any atom is -0.465 e. The molecule has 0 unspecified atom stereocenters. The molecule has 0 bridgehead atoms. The molecule has 0 radical (unpaired) electrons. The fraction of sp³-hybridized carbons (Fsp3) is 0.632. The Morgan fingerprint density at radius 3 is 2.28 bits per heavy atom. The standard InChI is InChI=1S/C19H28BNO4/c1-18(2)19(3,4)25-20(24-18)16-11-14(13-6-8-21-9-7-13)10-15(12-16)17(22)23-5/h10-13,21H,6-9H2,1-5H3. The largest absolute Gasteiger partial charge is 0.494 e. The quantitative estimate of drug-likeness (QED) is 0.673. The molecule has 6 heteroatoms. The van der Waals surface area contributed by atoms with E-state index in [2.05, 4.69) is 11.4 Å². The average Bonchev–Trinajstić information content (AvgIpc) is 2.82. The monoisotopic (exact) mass is 345 g/mol. The zero-order valence-corrected chi connectivity index (χ0v) is 15.8. The van der Waals surface area contributed by atoms with Gasteiger partial charge in [-0.05, 0) is 82.7 Å². The van der Waals surface area contributed by atoms with Gasteiger partial charge in [-0.2, -0.15) is 0 Å². The predicted octanol–water partition coefficient (Wildman–Crippen LogP) is 2.24. The van der Waals surface area contributed by atoms with Crippen LogP contribution in [0.4, 0.5) is 0 Å². The molecule has 1 aromatic rings. The van der Waals surface area contributed by atoms with E-state index in [1.165, 1.54) is 7.11 Å². The van der Waals surface area contributed by atoms with Crippen molar-refractivity contribution in [2.24, 2.45) is 0 Å². The summed E-state index contributed by atoms with van der Waals surface area (Å²) in [5.74, 6) is 0.112. The van der Waals surface area contributed by atoms with E-state index in [9.17, 15) is 4.79 Å². The third-order valence-electron chi connectivity index (χ3n) is 5.73. The third-order valence-corrected chi connectivity index (χ3v) is 5.73. The maximum Gasteiger partial charge on any atom is 0.494 e. The van der Waals surface area contributed by atoms with Crippen molar-refractivity contribution in [3.8, 4) is 0 Å². The molecule has 2 fully saturated rings. The Bertz CT molecular complexity index is 637. The van der Waals surface area contributed by atoms with Crippen LogP contribution in [0.3, 0.4) is 0 Å². The highest BCUT2D eigenvalue weighted by Crippen LogP contribution is 2.37. The van der Waals surface area contributed by atoms with Crippen LogP contribution in [0.1, 0.15) is 62.4 Å². The van der Waals surface area contributed by atoms with Gasteiger partial charge in [0, 0.05) is 0 Å². The van der Waals surface area contributed by atoms with Gasteiger partial charge in [0.2, 0.25) is 0 Å². The number of hydrogen-bond acceptors (Lipinski definition) is 5. The molecular weight excluding hydrogens is 317 g/mol. The molecule has 2 aliphatic heterocycles. The van der Waals surface area contributed by atoms with Gasteiger partial charge < -0.3 is 19.4 Å². The van der Waals surface area contributed by atoms with Gasteiger partial charge in [-0.15, -0.1) is 0 Å². The normalized spacial score (nSPS) is 22.8. The number of hydrogen-bond donors (Lipinski definition) is 1. The van der Waals surface area contributed by atoms with Crippen LogP contribution in [0.15, 0.2) is 18.2 Å². The maximum atomic E-state index is 12.2. The zero-order chi connectivity index (χ0) is 18.2. The Kier molecular flexibility index (Phi) is 4.97. The van der Waals surface area contributed by atoms with Crippen LogP contribution in [0.5, 0.6) is 0 Å². The summed E-state index contributed by atoms with van der Waals surface area (Å²) in [4.78, 5) is 12.2. The number of rotatable bonds is 3. The molecular formula is C19H28BNO4. The molecule has 0 spiro atoms. The van der Waals surface area contributed by atoms with Crippen molar-refractivity contribution in [2.75, 3.05) is 20.2 Å². The van der Waals surface area contributed by atoms with Crippen LogP contribution >= 0.6 is 0 Å². The van der Waals surface area contributed by atoms with Crippen LogP contribution in [0.25, 0.3) is 0 Å². The maximum absolute atomic E-state index is 12.2. The van der Waals surface area contributed by atoms with E-state index in [-0.39, 0.29) is 5.97 Å². The van der Waals surface area contributed by atoms with E-state index < -0.39 is 18.3 Å². The van der Waals surface area contributed by atoms with E-state index in [1.54, 1.807) is 0 Å². The summed E-state index contributed by atoms with van der Waals surface area (Å²) in [6.45, 7) is 10.1. The Morgan fingerprint density at radius 2 is 1.72 bits per heavy atom. The fourth-order valence-electron chi connectivity index (χ4n) is 3.42. The Hall–Kier alpha value is -1.37. The highest BCUT2D eigenvalue weighted by atomic mass is 16.7. The second-order valence-electron chi connectivity index (χ2n) is 7.99. The van der Waals surface area contributed by atoms with Crippen molar-refractivity contribution >= 4 is 18.6 Å². The number of ether oxygens (including phenoxy) is 1. The third kappa shape index (κ3) is 3.61. The lowest BCUT2D eigenvalue weighted by molar-refractivity contribution is 0.00578. The van der Waals surface area contributed by atoms with Gasteiger partial charge in [-0.1, -0.05) is 6.07 Å². The number of nitrogens with one attached hydrogen (secondary N) is 1. The Balaban J connectivity index is 1.97. The molecule has 0 aliphatic carbocycles. The first-order valence-electron chi connectivity index (χ1n) is 9.03. The number of carbonyl (C=O) groups excluding carboxylic acids is 1. The van der Waals surface area contributed by atoms with Gasteiger partial charge in [-0.3, -0.25) is 0 Å². The summed E-state index contributed by atoms with van der Waals surface area (Å²) in [7, 11) is 0.934. The van der Waals surface area contributed by atoms with Gasteiger partial charge in [0.15, 0.2) is 0 Å². The fourth-order valence-corrected chi connectivity index (χ4v) is 3.42. The predicted molar refractivity (Wildman–Crippen MR) is 98.3 cm³/mol. The van der Waals surface area contributed by atoms with Gasteiger partial charge in [0.05, 0.1) is 23.9 Å². The van der Waals surface area contributed by atoms with Crippen LogP contribution in [-0.4, -0.2) is 44.5 Å². The van der Waals surface area contributed by atoms with Crippen molar-refractivity contribution < 1.29 is 18.8 Å². The van der Waals surface area contributed by atoms with Crippen LogP contribution < -0.4 is 10.8 Å². The van der Waals surface area contributed by atoms with E-state index in [0.717, 1.165) is 37.0 Å². The minimum absolute atomic E-state index is 0.325. The zero-order valence-electron chi connectivity index (χ0n) is 15.8. The number of esters is 1. The summed E-state index contributed by atoms with van der Waals surface area (Å²) in [5.41, 5.74) is 1.79. The second-order valence-corrected chi connectivity index (χ2v) is 7.99. The van der Waals surface area contributed by atoms with Crippen molar-refractivity contribution in [3.05, 3.63) is 29.3 Å². The molecule has 5 nitrogen and oxygen atoms in total. The first-order valence-corrected chi connectivity index (χ1v) is 9.03. The minimum atomic E-state index is -0.477. The molecule has 0 aromatic heterocycles. The van der Waals surface area contributed by atoms with Crippen LogP contribution in [0.2, 0.25) is 0 Å². The van der Waals surface area contributed by atoms with Crippen molar-refractivity contribution in [2.45, 2.75) is 57.7 Å². The number of benzene rings is 1. The summed E-state index contributed by atoms with van der Waals surface area (Å²) in [6.07, 6.45) is 2.13. The molecule has 1 aromatic carbocycles. The first kappa shape index (κ1) is 18.4. The van der Waals surface area contributed by atoms with Gasteiger partial charge >= 0.3 is 13.1 Å². The van der Waals surface area contributed by atoms with Gasteiger partial charge in [-0.25, -0.2) is 4.79 Å². The summed E-state index contributed by atoms with van der Waals surface area (Å²) in [6, 6.07) is 5.92. The van der Waals surface area contributed by atoms with Crippen molar-refractivity contribution in [3.63, 3.8) is 0 Å². The Labute approximate surface area is 150 Å². The molecule has 25 heavy (non-hydrogen) atoms. The van der Waals surface area contributed by atoms with Crippen LogP contribution in [-0.2, 0) is 14.0 Å².